The highest BCUT2D eigenvalue weighted by Crippen LogP contribution is 2.21. The quantitative estimate of drug-likeness (QED) is 0.488. The lowest BCUT2D eigenvalue weighted by Crippen LogP contribution is -2.20. The number of nitrogens with two attached hydrogens (primary N) is 4. The standard InChI is InChI=1S/C11H12ClN7.CH4/c12-5-2-1-3-6(4-5)17-8(13)7-9(14)18-11(16)19-10(7)15;/h1-4H,(H2,13,17)(H6,14,15,16,18,19);1H4. The molecule has 106 valence electrons. The summed E-state index contributed by atoms with van der Waals surface area (Å²) < 4.78 is 0. The van der Waals surface area contributed by atoms with Crippen LogP contribution in [0.25, 0.3) is 0 Å². The molecule has 0 radical (unpaired) electrons. The highest BCUT2D eigenvalue weighted by Gasteiger charge is 2.12. The molecule has 1 heterocycles. The Morgan fingerprint density at radius 2 is 1.70 bits per heavy atom. The lowest BCUT2D eigenvalue weighted by atomic mass is 10.2. The van der Waals surface area contributed by atoms with Gasteiger partial charge in [0.2, 0.25) is 5.95 Å². The van der Waals surface area contributed by atoms with Crippen LogP contribution in [0.1, 0.15) is 13.0 Å². The number of benzene rings is 1. The Kier molecular flexibility index (Phi) is 4.71. The van der Waals surface area contributed by atoms with E-state index >= 15 is 0 Å². The van der Waals surface area contributed by atoms with E-state index in [0.29, 0.717) is 10.7 Å². The van der Waals surface area contributed by atoms with Gasteiger partial charge in [-0.15, -0.1) is 0 Å². The molecule has 1 aromatic carbocycles. The first-order valence-corrected chi connectivity index (χ1v) is 5.63. The minimum absolute atomic E-state index is 0. The largest absolute Gasteiger partial charge is 0.383 e. The zero-order chi connectivity index (χ0) is 14.0. The second-order valence-electron chi connectivity index (χ2n) is 3.70. The van der Waals surface area contributed by atoms with Gasteiger partial charge in [0, 0.05) is 5.02 Å². The van der Waals surface area contributed by atoms with Gasteiger partial charge in [-0.3, -0.25) is 0 Å². The lowest BCUT2D eigenvalue weighted by Gasteiger charge is -2.08. The molecular weight excluding hydrogens is 278 g/mol. The van der Waals surface area contributed by atoms with Gasteiger partial charge < -0.3 is 22.9 Å². The first kappa shape index (κ1) is 15.5. The number of hydrogen-bond donors (Lipinski definition) is 4. The van der Waals surface area contributed by atoms with Crippen molar-refractivity contribution >= 4 is 40.7 Å². The van der Waals surface area contributed by atoms with Crippen molar-refractivity contribution in [2.24, 2.45) is 10.7 Å². The third kappa shape index (κ3) is 3.27. The number of nitrogens with zero attached hydrogens (tertiary/aromatic N) is 3. The molecule has 0 bridgehead atoms. The van der Waals surface area contributed by atoms with Crippen LogP contribution in [0.4, 0.5) is 23.3 Å². The summed E-state index contributed by atoms with van der Waals surface area (Å²) in [5.41, 5.74) is 23.5. The van der Waals surface area contributed by atoms with Crippen molar-refractivity contribution in [1.82, 2.24) is 9.97 Å². The fourth-order valence-corrected chi connectivity index (χ4v) is 1.70. The van der Waals surface area contributed by atoms with Crippen LogP contribution in [-0.4, -0.2) is 15.8 Å². The van der Waals surface area contributed by atoms with E-state index in [4.69, 9.17) is 34.5 Å². The average molecular weight is 294 g/mol. The third-order valence-corrected chi connectivity index (χ3v) is 2.53. The molecule has 0 saturated carbocycles. The second-order valence-corrected chi connectivity index (χ2v) is 4.14. The number of anilines is 3. The third-order valence-electron chi connectivity index (χ3n) is 2.30. The summed E-state index contributed by atoms with van der Waals surface area (Å²) in [6, 6.07) is 6.87. The minimum Gasteiger partial charge on any atom is -0.383 e. The van der Waals surface area contributed by atoms with Crippen molar-refractivity contribution in [2.75, 3.05) is 17.2 Å². The molecule has 20 heavy (non-hydrogen) atoms. The molecule has 0 atom stereocenters. The summed E-state index contributed by atoms with van der Waals surface area (Å²) in [6.45, 7) is 0. The Balaban J connectivity index is 0.00000200. The SMILES string of the molecule is C.NC(=Nc1cccc(Cl)c1)c1c(N)nc(N)nc1N. The van der Waals surface area contributed by atoms with Gasteiger partial charge in [-0.2, -0.15) is 9.97 Å². The normalized spacial score (nSPS) is 10.9. The monoisotopic (exact) mass is 293 g/mol. The Labute approximate surface area is 121 Å². The second kappa shape index (κ2) is 6.07. The smallest absolute Gasteiger partial charge is 0.223 e. The van der Waals surface area contributed by atoms with E-state index < -0.39 is 0 Å². The van der Waals surface area contributed by atoms with Gasteiger partial charge in [-0.05, 0) is 18.2 Å². The number of nitrogen functional groups attached to an aromatic ring is 3. The summed E-state index contributed by atoms with van der Waals surface area (Å²) >= 11 is 5.86. The van der Waals surface area contributed by atoms with Crippen molar-refractivity contribution in [3.63, 3.8) is 0 Å². The predicted octanol–water partition coefficient (Wildman–Crippen LogP) is 1.55. The highest BCUT2D eigenvalue weighted by molar-refractivity contribution is 6.30. The molecule has 0 saturated heterocycles. The molecule has 0 spiro atoms. The van der Waals surface area contributed by atoms with Crippen molar-refractivity contribution in [3.8, 4) is 0 Å². The van der Waals surface area contributed by atoms with E-state index in [2.05, 4.69) is 15.0 Å². The number of amidine groups is 1. The van der Waals surface area contributed by atoms with Crippen LogP contribution in [0.5, 0.6) is 0 Å². The van der Waals surface area contributed by atoms with E-state index in [1.165, 1.54) is 0 Å². The lowest BCUT2D eigenvalue weighted by molar-refractivity contribution is 1.19. The van der Waals surface area contributed by atoms with Crippen molar-refractivity contribution in [1.29, 1.82) is 0 Å². The van der Waals surface area contributed by atoms with Gasteiger partial charge in [-0.25, -0.2) is 4.99 Å². The highest BCUT2D eigenvalue weighted by atomic mass is 35.5. The molecule has 8 N–H and O–H groups in total. The molecule has 0 aliphatic heterocycles. The maximum atomic E-state index is 5.86. The van der Waals surface area contributed by atoms with Crippen molar-refractivity contribution < 1.29 is 0 Å². The fraction of sp³-hybridized carbons (Fsp3) is 0.0833. The predicted molar refractivity (Wildman–Crippen MR) is 83.8 cm³/mol. The van der Waals surface area contributed by atoms with E-state index in [1.54, 1.807) is 24.3 Å². The zero-order valence-electron chi connectivity index (χ0n) is 9.84. The maximum Gasteiger partial charge on any atom is 0.223 e. The van der Waals surface area contributed by atoms with Gasteiger partial charge in [0.15, 0.2) is 0 Å². The van der Waals surface area contributed by atoms with Gasteiger partial charge in [0.05, 0.1) is 5.69 Å². The molecule has 0 aliphatic rings. The summed E-state index contributed by atoms with van der Waals surface area (Å²) in [7, 11) is 0. The summed E-state index contributed by atoms with van der Waals surface area (Å²) in [5, 5.41) is 0.545. The Morgan fingerprint density at radius 3 is 2.25 bits per heavy atom. The molecule has 1 aromatic heterocycles. The molecule has 2 aromatic rings. The first-order valence-electron chi connectivity index (χ1n) is 5.26. The maximum absolute atomic E-state index is 5.86. The number of hydrogen-bond acceptors (Lipinski definition) is 6. The summed E-state index contributed by atoms with van der Waals surface area (Å²) in [5.74, 6) is 0.230. The van der Waals surface area contributed by atoms with Gasteiger partial charge in [-0.1, -0.05) is 25.1 Å². The van der Waals surface area contributed by atoms with Crippen LogP contribution in [0.3, 0.4) is 0 Å². The van der Waals surface area contributed by atoms with E-state index in [1.807, 2.05) is 0 Å². The fourth-order valence-electron chi connectivity index (χ4n) is 1.52. The first-order chi connectivity index (χ1) is 8.97. The minimum atomic E-state index is -0.0192. The van der Waals surface area contributed by atoms with Crippen LogP contribution in [-0.2, 0) is 0 Å². The van der Waals surface area contributed by atoms with Crippen LogP contribution in [0.15, 0.2) is 29.3 Å². The van der Waals surface area contributed by atoms with Gasteiger partial charge >= 0.3 is 0 Å². The molecule has 0 aliphatic carbocycles. The number of aromatic nitrogens is 2. The topological polar surface area (TPSA) is 142 Å². The molecule has 0 unspecified atom stereocenters. The number of halogens is 1. The van der Waals surface area contributed by atoms with Crippen LogP contribution in [0, 0.1) is 0 Å². The number of aliphatic imine (C=N–C) groups is 1. The average Bonchev–Trinajstić information content (AvgIpc) is 2.27. The van der Waals surface area contributed by atoms with Gasteiger partial charge in [0.25, 0.3) is 0 Å². The van der Waals surface area contributed by atoms with Gasteiger partial charge in [0.1, 0.15) is 23.0 Å². The molecule has 8 heteroatoms. The van der Waals surface area contributed by atoms with Crippen molar-refractivity contribution in [3.05, 3.63) is 34.9 Å². The summed E-state index contributed by atoms with van der Waals surface area (Å²) in [6.07, 6.45) is 0. The van der Waals surface area contributed by atoms with E-state index in [0.717, 1.165) is 0 Å². The van der Waals surface area contributed by atoms with Crippen LogP contribution < -0.4 is 22.9 Å². The van der Waals surface area contributed by atoms with Crippen LogP contribution >= 0.6 is 11.6 Å². The molecule has 0 amide bonds. The van der Waals surface area contributed by atoms with Crippen molar-refractivity contribution in [2.45, 2.75) is 7.43 Å². The molecule has 7 nitrogen and oxygen atoms in total. The Hall–Kier alpha value is -2.54. The Morgan fingerprint density at radius 1 is 1.10 bits per heavy atom. The van der Waals surface area contributed by atoms with E-state index in [9.17, 15) is 0 Å². The van der Waals surface area contributed by atoms with E-state index in [-0.39, 0.29) is 36.4 Å². The molecular formula is C12H16ClN7. The Bertz CT molecular complexity index is 631. The number of rotatable bonds is 2. The summed E-state index contributed by atoms with van der Waals surface area (Å²) in [4.78, 5) is 11.8. The van der Waals surface area contributed by atoms with Crippen LogP contribution in [0.2, 0.25) is 5.02 Å². The molecule has 0 fully saturated rings. The molecule has 2 rings (SSSR count). The zero-order valence-corrected chi connectivity index (χ0v) is 10.6.